The van der Waals surface area contributed by atoms with Crippen molar-refractivity contribution in [2.45, 2.75) is 52.1 Å². The number of ether oxygens (including phenoxy) is 2. The van der Waals surface area contributed by atoms with E-state index < -0.39 is 6.04 Å². The standard InChI is InChI=1S/C18H30N4O3/c1-4-25-17(23)16(8-11-24-3)19-13-15-12-14(2)20-18(21-15)22-9-6-5-7-10-22/h12,16,19H,4-11,13H2,1-3H3/t16-/m0/s1. The van der Waals surface area contributed by atoms with Gasteiger partial charge in [0.1, 0.15) is 6.04 Å². The molecule has 2 heterocycles. The number of methoxy groups -OCH3 is 1. The second-order valence-corrected chi connectivity index (χ2v) is 6.32. The molecule has 140 valence electrons. The van der Waals surface area contributed by atoms with Crippen molar-refractivity contribution in [2.75, 3.05) is 38.3 Å². The zero-order valence-corrected chi connectivity index (χ0v) is 15.6. The van der Waals surface area contributed by atoms with Gasteiger partial charge in [-0.1, -0.05) is 0 Å². The first-order chi connectivity index (χ1) is 12.1. The van der Waals surface area contributed by atoms with Crippen LogP contribution in [0.4, 0.5) is 5.95 Å². The van der Waals surface area contributed by atoms with Gasteiger partial charge < -0.3 is 14.4 Å². The van der Waals surface area contributed by atoms with Gasteiger partial charge in [0, 0.05) is 39.0 Å². The topological polar surface area (TPSA) is 76.6 Å². The minimum Gasteiger partial charge on any atom is -0.465 e. The van der Waals surface area contributed by atoms with Crippen LogP contribution in [-0.2, 0) is 20.8 Å². The highest BCUT2D eigenvalue weighted by atomic mass is 16.5. The second kappa shape index (κ2) is 10.3. The number of esters is 1. The van der Waals surface area contributed by atoms with Crippen LogP contribution in [0.2, 0.25) is 0 Å². The van der Waals surface area contributed by atoms with Crippen LogP contribution in [0.1, 0.15) is 44.0 Å². The molecule has 0 bridgehead atoms. The number of carbonyl (C=O) groups is 1. The van der Waals surface area contributed by atoms with Crippen LogP contribution in [-0.4, -0.2) is 55.4 Å². The summed E-state index contributed by atoms with van der Waals surface area (Å²) >= 11 is 0. The number of nitrogens with one attached hydrogen (secondary N) is 1. The first-order valence-electron chi connectivity index (χ1n) is 9.12. The first kappa shape index (κ1) is 19.6. The molecular formula is C18H30N4O3. The zero-order valence-electron chi connectivity index (χ0n) is 15.6. The van der Waals surface area contributed by atoms with E-state index in [0.717, 1.165) is 30.4 Å². The lowest BCUT2D eigenvalue weighted by Gasteiger charge is -2.27. The maximum atomic E-state index is 12.1. The summed E-state index contributed by atoms with van der Waals surface area (Å²) in [6.45, 7) is 7.17. The molecule has 0 saturated carbocycles. The van der Waals surface area contributed by atoms with Crippen molar-refractivity contribution in [2.24, 2.45) is 0 Å². The molecule has 0 aliphatic carbocycles. The van der Waals surface area contributed by atoms with E-state index in [1.54, 1.807) is 7.11 Å². The third-order valence-electron chi connectivity index (χ3n) is 4.25. The number of rotatable bonds is 9. The Bertz CT molecular complexity index is 547. The van der Waals surface area contributed by atoms with Gasteiger partial charge in [-0.2, -0.15) is 0 Å². The average molecular weight is 350 g/mol. The molecule has 1 atom stereocenters. The third-order valence-corrected chi connectivity index (χ3v) is 4.25. The molecule has 1 aliphatic heterocycles. The molecule has 1 aromatic rings. The molecule has 1 aromatic heterocycles. The van der Waals surface area contributed by atoms with Gasteiger partial charge in [0.15, 0.2) is 0 Å². The summed E-state index contributed by atoms with van der Waals surface area (Å²) in [7, 11) is 1.63. The predicted molar refractivity (Wildman–Crippen MR) is 96.6 cm³/mol. The smallest absolute Gasteiger partial charge is 0.323 e. The average Bonchev–Trinajstić information content (AvgIpc) is 2.62. The number of hydrogen-bond donors (Lipinski definition) is 1. The van der Waals surface area contributed by atoms with E-state index in [-0.39, 0.29) is 5.97 Å². The van der Waals surface area contributed by atoms with Crippen LogP contribution in [0.25, 0.3) is 0 Å². The molecule has 1 fully saturated rings. The Kier molecular flexibility index (Phi) is 8.08. The number of carbonyl (C=O) groups excluding carboxylic acids is 1. The fourth-order valence-corrected chi connectivity index (χ4v) is 2.95. The van der Waals surface area contributed by atoms with Gasteiger partial charge in [-0.15, -0.1) is 0 Å². The van der Waals surface area contributed by atoms with Crippen molar-refractivity contribution in [3.63, 3.8) is 0 Å². The maximum absolute atomic E-state index is 12.1. The summed E-state index contributed by atoms with van der Waals surface area (Å²) in [6.07, 6.45) is 4.22. The number of hydrogen-bond acceptors (Lipinski definition) is 7. The summed E-state index contributed by atoms with van der Waals surface area (Å²) in [4.78, 5) is 23.6. The number of piperidine rings is 1. The first-order valence-corrected chi connectivity index (χ1v) is 9.12. The van der Waals surface area contributed by atoms with Crippen LogP contribution in [0.5, 0.6) is 0 Å². The normalized spacial score (nSPS) is 15.9. The Labute approximate surface area is 150 Å². The lowest BCUT2D eigenvalue weighted by molar-refractivity contribution is -0.146. The molecule has 1 aliphatic rings. The van der Waals surface area contributed by atoms with Gasteiger partial charge in [-0.25, -0.2) is 9.97 Å². The van der Waals surface area contributed by atoms with Crippen LogP contribution in [0.15, 0.2) is 6.07 Å². The zero-order chi connectivity index (χ0) is 18.1. The molecule has 1 N–H and O–H groups in total. The number of aryl methyl sites for hydroxylation is 1. The third kappa shape index (κ3) is 6.25. The highest BCUT2D eigenvalue weighted by molar-refractivity contribution is 5.75. The largest absolute Gasteiger partial charge is 0.465 e. The van der Waals surface area contributed by atoms with Crippen molar-refractivity contribution in [3.8, 4) is 0 Å². The summed E-state index contributed by atoms with van der Waals surface area (Å²) in [6, 6.07) is 1.56. The highest BCUT2D eigenvalue weighted by Gasteiger charge is 2.20. The monoisotopic (exact) mass is 350 g/mol. The van der Waals surface area contributed by atoms with Crippen molar-refractivity contribution >= 4 is 11.9 Å². The lowest BCUT2D eigenvalue weighted by atomic mass is 10.1. The quantitative estimate of drug-likeness (QED) is 0.681. The lowest BCUT2D eigenvalue weighted by Crippen LogP contribution is -2.39. The maximum Gasteiger partial charge on any atom is 0.323 e. The molecule has 0 radical (unpaired) electrons. The van der Waals surface area contributed by atoms with Gasteiger partial charge in [0.05, 0.1) is 12.3 Å². The minimum absolute atomic E-state index is 0.249. The summed E-state index contributed by atoms with van der Waals surface area (Å²) in [5.74, 6) is 0.544. The molecule has 0 unspecified atom stereocenters. The number of aromatic nitrogens is 2. The van der Waals surface area contributed by atoms with Crippen molar-refractivity contribution in [1.82, 2.24) is 15.3 Å². The van der Waals surface area contributed by atoms with E-state index in [9.17, 15) is 4.79 Å². The van der Waals surface area contributed by atoms with Crippen LogP contribution < -0.4 is 10.2 Å². The van der Waals surface area contributed by atoms with Gasteiger partial charge >= 0.3 is 5.97 Å². The molecule has 25 heavy (non-hydrogen) atoms. The Morgan fingerprint density at radius 1 is 1.32 bits per heavy atom. The summed E-state index contributed by atoms with van der Waals surface area (Å²) < 4.78 is 10.2. The van der Waals surface area contributed by atoms with Crippen LogP contribution in [0.3, 0.4) is 0 Å². The molecule has 0 spiro atoms. The van der Waals surface area contributed by atoms with E-state index in [1.165, 1.54) is 19.3 Å². The van der Waals surface area contributed by atoms with E-state index in [0.29, 0.717) is 26.2 Å². The molecule has 2 rings (SSSR count). The van der Waals surface area contributed by atoms with E-state index >= 15 is 0 Å². The van der Waals surface area contributed by atoms with E-state index in [1.807, 2.05) is 19.9 Å². The fourth-order valence-electron chi connectivity index (χ4n) is 2.95. The second-order valence-electron chi connectivity index (χ2n) is 6.32. The molecule has 7 heteroatoms. The van der Waals surface area contributed by atoms with Gasteiger partial charge in [-0.05, 0) is 45.6 Å². The van der Waals surface area contributed by atoms with Gasteiger partial charge in [0.2, 0.25) is 5.95 Å². The summed E-state index contributed by atoms with van der Waals surface area (Å²) in [5.41, 5.74) is 1.83. The molecule has 0 aromatic carbocycles. The van der Waals surface area contributed by atoms with Crippen molar-refractivity contribution in [1.29, 1.82) is 0 Å². The molecule has 1 saturated heterocycles. The number of anilines is 1. The SMILES string of the molecule is CCOC(=O)[C@H](CCOC)NCc1cc(C)nc(N2CCCCC2)n1. The van der Waals surface area contributed by atoms with Gasteiger partial charge in [-0.3, -0.25) is 10.1 Å². The Balaban J connectivity index is 2.01. The Morgan fingerprint density at radius 3 is 2.76 bits per heavy atom. The minimum atomic E-state index is -0.395. The predicted octanol–water partition coefficient (Wildman–Crippen LogP) is 1.83. The van der Waals surface area contributed by atoms with E-state index in [4.69, 9.17) is 9.47 Å². The fraction of sp³-hybridized carbons (Fsp3) is 0.722. The molecule has 0 amide bonds. The van der Waals surface area contributed by atoms with Crippen LogP contribution >= 0.6 is 0 Å². The van der Waals surface area contributed by atoms with Gasteiger partial charge in [0.25, 0.3) is 0 Å². The van der Waals surface area contributed by atoms with Crippen LogP contribution in [0, 0.1) is 6.92 Å². The Morgan fingerprint density at radius 2 is 2.08 bits per heavy atom. The molecular weight excluding hydrogens is 320 g/mol. The summed E-state index contributed by atoms with van der Waals surface area (Å²) in [5, 5.41) is 3.25. The van der Waals surface area contributed by atoms with E-state index in [2.05, 4.69) is 20.2 Å². The van der Waals surface area contributed by atoms with Crippen molar-refractivity contribution < 1.29 is 14.3 Å². The number of nitrogens with zero attached hydrogens (tertiary/aromatic N) is 3. The highest BCUT2D eigenvalue weighted by Crippen LogP contribution is 2.16. The Hall–Kier alpha value is -1.73. The molecule has 7 nitrogen and oxygen atoms in total. The van der Waals surface area contributed by atoms with Crippen molar-refractivity contribution in [3.05, 3.63) is 17.5 Å².